The van der Waals surface area contributed by atoms with E-state index in [0.717, 1.165) is 12.8 Å². The third kappa shape index (κ3) is 3.43. The molecule has 1 heterocycles. The molecule has 5 nitrogen and oxygen atoms in total. The van der Waals surface area contributed by atoms with E-state index in [1.54, 1.807) is 29.2 Å². The number of benzene rings is 1. The van der Waals surface area contributed by atoms with Gasteiger partial charge in [-0.2, -0.15) is 0 Å². The Labute approximate surface area is 118 Å². The van der Waals surface area contributed by atoms with Crippen molar-refractivity contribution in [1.82, 2.24) is 4.90 Å². The van der Waals surface area contributed by atoms with E-state index in [1.807, 2.05) is 0 Å². The second-order valence-corrected chi connectivity index (χ2v) is 4.62. The van der Waals surface area contributed by atoms with E-state index in [0.29, 0.717) is 18.0 Å². The van der Waals surface area contributed by atoms with Crippen molar-refractivity contribution >= 4 is 11.7 Å². The summed E-state index contributed by atoms with van der Waals surface area (Å²) < 4.78 is 5.30. The Hall–Kier alpha value is -2.19. The maximum atomic E-state index is 12.1. The molecule has 1 saturated heterocycles. The molecule has 2 amide bonds. The molecular formula is C15H18N2O3. The predicted molar refractivity (Wildman–Crippen MR) is 76.6 cm³/mol. The quantitative estimate of drug-likeness (QED) is 0.821. The Morgan fingerprint density at radius 1 is 1.60 bits per heavy atom. The summed E-state index contributed by atoms with van der Waals surface area (Å²) in [7, 11) is 0. The zero-order chi connectivity index (χ0) is 14.4. The number of ether oxygens (including phenoxy) is 1. The molecule has 0 aromatic heterocycles. The van der Waals surface area contributed by atoms with Crippen molar-refractivity contribution in [1.29, 1.82) is 0 Å². The first-order valence-electron chi connectivity index (χ1n) is 6.59. The lowest BCUT2D eigenvalue weighted by Crippen LogP contribution is -2.40. The highest BCUT2D eigenvalue weighted by Crippen LogP contribution is 2.21. The molecule has 0 radical (unpaired) electrons. The summed E-state index contributed by atoms with van der Waals surface area (Å²) in [6.45, 7) is 0.860. The standard InChI is InChI=1S/C15H18N2O3/c1-2-9-20-14-7-3-5-12(10-14)16-15(19)17-8-4-6-13(17)11-18/h1,3,5,7,10,13,18H,4,6,8-9,11H2,(H,16,19). The van der Waals surface area contributed by atoms with Crippen molar-refractivity contribution in [2.24, 2.45) is 0 Å². The van der Waals surface area contributed by atoms with Crippen LogP contribution in [0, 0.1) is 12.3 Å². The lowest BCUT2D eigenvalue weighted by atomic mass is 10.2. The van der Waals surface area contributed by atoms with Gasteiger partial charge in [0.05, 0.1) is 12.6 Å². The number of carbonyl (C=O) groups is 1. The first kappa shape index (κ1) is 14.2. The van der Waals surface area contributed by atoms with Gasteiger partial charge in [-0.25, -0.2) is 4.79 Å². The van der Waals surface area contributed by atoms with Gasteiger partial charge in [0, 0.05) is 18.3 Å². The number of hydrogen-bond acceptors (Lipinski definition) is 3. The molecule has 1 aliphatic heterocycles. The van der Waals surface area contributed by atoms with Crippen LogP contribution >= 0.6 is 0 Å². The van der Waals surface area contributed by atoms with E-state index in [-0.39, 0.29) is 25.3 Å². The molecule has 0 saturated carbocycles. The van der Waals surface area contributed by atoms with Gasteiger partial charge < -0.3 is 20.1 Å². The maximum Gasteiger partial charge on any atom is 0.322 e. The van der Waals surface area contributed by atoms with E-state index in [2.05, 4.69) is 11.2 Å². The second-order valence-electron chi connectivity index (χ2n) is 4.62. The zero-order valence-corrected chi connectivity index (χ0v) is 11.2. The second kappa shape index (κ2) is 6.83. The summed E-state index contributed by atoms with van der Waals surface area (Å²) in [6, 6.07) is 6.78. The van der Waals surface area contributed by atoms with Crippen LogP contribution in [-0.4, -0.2) is 41.8 Å². The lowest BCUT2D eigenvalue weighted by molar-refractivity contribution is 0.166. The minimum atomic E-state index is -0.198. The molecule has 1 aromatic carbocycles. The van der Waals surface area contributed by atoms with Crippen LogP contribution < -0.4 is 10.1 Å². The molecule has 1 unspecified atom stereocenters. The Bertz CT molecular complexity index is 510. The number of aliphatic hydroxyl groups excluding tert-OH is 1. The van der Waals surface area contributed by atoms with Crippen LogP contribution in [0.3, 0.4) is 0 Å². The van der Waals surface area contributed by atoms with Crippen LogP contribution in [0.15, 0.2) is 24.3 Å². The number of nitrogens with zero attached hydrogens (tertiary/aromatic N) is 1. The number of terminal acetylenes is 1. The van der Waals surface area contributed by atoms with Crippen molar-refractivity contribution in [2.45, 2.75) is 18.9 Å². The Kier molecular flexibility index (Phi) is 4.85. The number of rotatable bonds is 4. The summed E-state index contributed by atoms with van der Waals surface area (Å²) in [4.78, 5) is 13.8. The van der Waals surface area contributed by atoms with E-state index < -0.39 is 0 Å². The van der Waals surface area contributed by atoms with Gasteiger partial charge in [-0.1, -0.05) is 12.0 Å². The van der Waals surface area contributed by atoms with Crippen molar-refractivity contribution in [3.05, 3.63) is 24.3 Å². The summed E-state index contributed by atoms with van der Waals surface area (Å²) >= 11 is 0. The van der Waals surface area contributed by atoms with E-state index in [4.69, 9.17) is 11.2 Å². The first-order valence-corrected chi connectivity index (χ1v) is 6.59. The predicted octanol–water partition coefficient (Wildman–Crippen LogP) is 1.69. The maximum absolute atomic E-state index is 12.1. The number of nitrogens with one attached hydrogen (secondary N) is 1. The molecule has 1 aliphatic rings. The molecule has 5 heteroatoms. The van der Waals surface area contributed by atoms with Crippen LogP contribution in [0.2, 0.25) is 0 Å². The van der Waals surface area contributed by atoms with E-state index in [1.165, 1.54) is 0 Å². The smallest absolute Gasteiger partial charge is 0.322 e. The summed E-state index contributed by atoms with van der Waals surface area (Å²) in [6.07, 6.45) is 6.90. The highest BCUT2D eigenvalue weighted by Gasteiger charge is 2.27. The van der Waals surface area contributed by atoms with Gasteiger partial charge in [0.1, 0.15) is 12.4 Å². The highest BCUT2D eigenvalue weighted by molar-refractivity contribution is 5.89. The topological polar surface area (TPSA) is 61.8 Å². The number of anilines is 1. The number of amides is 2. The van der Waals surface area contributed by atoms with Crippen molar-refractivity contribution in [3.63, 3.8) is 0 Å². The average molecular weight is 274 g/mol. The molecule has 1 fully saturated rings. The Balaban J connectivity index is 1.99. The molecule has 1 atom stereocenters. The highest BCUT2D eigenvalue weighted by atomic mass is 16.5. The number of carbonyl (C=O) groups excluding carboxylic acids is 1. The fraction of sp³-hybridized carbons (Fsp3) is 0.400. The van der Waals surface area contributed by atoms with Crippen molar-refractivity contribution in [2.75, 3.05) is 25.1 Å². The van der Waals surface area contributed by atoms with E-state index in [9.17, 15) is 9.90 Å². The van der Waals surface area contributed by atoms with Gasteiger partial charge in [-0.05, 0) is 25.0 Å². The fourth-order valence-electron chi connectivity index (χ4n) is 2.28. The molecule has 0 spiro atoms. The molecule has 0 bridgehead atoms. The molecule has 0 aliphatic carbocycles. The largest absolute Gasteiger partial charge is 0.481 e. The summed E-state index contributed by atoms with van der Waals surface area (Å²) in [5.41, 5.74) is 0.646. The van der Waals surface area contributed by atoms with Crippen LogP contribution in [-0.2, 0) is 0 Å². The van der Waals surface area contributed by atoms with Gasteiger partial charge in [0.15, 0.2) is 0 Å². The van der Waals surface area contributed by atoms with Crippen LogP contribution in [0.25, 0.3) is 0 Å². The molecule has 106 valence electrons. The van der Waals surface area contributed by atoms with Gasteiger partial charge in [0.25, 0.3) is 0 Å². The van der Waals surface area contributed by atoms with Crippen LogP contribution in [0.5, 0.6) is 5.75 Å². The molecule has 20 heavy (non-hydrogen) atoms. The minimum absolute atomic E-state index is 0.00125. The third-order valence-corrected chi connectivity index (χ3v) is 3.26. The van der Waals surface area contributed by atoms with Gasteiger partial charge in [0.2, 0.25) is 0 Å². The normalized spacial score (nSPS) is 17.6. The van der Waals surface area contributed by atoms with Gasteiger partial charge in [-0.3, -0.25) is 0 Å². The Morgan fingerprint density at radius 2 is 2.45 bits per heavy atom. The molecule has 2 rings (SSSR count). The number of likely N-dealkylation sites (tertiary alicyclic amines) is 1. The molecule has 2 N–H and O–H groups in total. The number of hydrogen-bond donors (Lipinski definition) is 2. The van der Waals surface area contributed by atoms with Crippen LogP contribution in [0.1, 0.15) is 12.8 Å². The van der Waals surface area contributed by atoms with Crippen molar-refractivity contribution < 1.29 is 14.6 Å². The number of urea groups is 1. The third-order valence-electron chi connectivity index (χ3n) is 3.26. The zero-order valence-electron chi connectivity index (χ0n) is 11.2. The number of aliphatic hydroxyl groups is 1. The van der Waals surface area contributed by atoms with Gasteiger partial charge in [-0.15, -0.1) is 6.42 Å². The molecule has 1 aromatic rings. The first-order chi connectivity index (χ1) is 9.74. The summed E-state index contributed by atoms with van der Waals surface area (Å²) in [5, 5.41) is 12.0. The van der Waals surface area contributed by atoms with Crippen molar-refractivity contribution in [3.8, 4) is 18.1 Å². The minimum Gasteiger partial charge on any atom is -0.481 e. The Morgan fingerprint density at radius 3 is 3.20 bits per heavy atom. The molecular weight excluding hydrogens is 256 g/mol. The fourth-order valence-corrected chi connectivity index (χ4v) is 2.28. The average Bonchev–Trinajstić information content (AvgIpc) is 2.94. The SMILES string of the molecule is C#CCOc1cccc(NC(=O)N2CCCC2CO)c1. The monoisotopic (exact) mass is 274 g/mol. The summed E-state index contributed by atoms with van der Waals surface area (Å²) in [5.74, 6) is 3.00. The lowest BCUT2D eigenvalue weighted by Gasteiger charge is -2.23. The van der Waals surface area contributed by atoms with E-state index >= 15 is 0 Å². The van der Waals surface area contributed by atoms with Gasteiger partial charge >= 0.3 is 6.03 Å². The van der Waals surface area contributed by atoms with Crippen LogP contribution in [0.4, 0.5) is 10.5 Å².